The van der Waals surface area contributed by atoms with E-state index >= 15 is 0 Å². The highest BCUT2D eigenvalue weighted by atomic mass is 32.2. The van der Waals surface area contributed by atoms with E-state index in [0.29, 0.717) is 0 Å². The number of hydrogen-bond donors (Lipinski definition) is 1. The molecule has 0 bridgehead atoms. The molecule has 34 valence electrons. The predicted molar refractivity (Wildman–Crippen MR) is 26.4 cm³/mol. The highest BCUT2D eigenvalue weighted by molar-refractivity contribution is 7.86. The molecule has 0 aliphatic carbocycles. The Kier molecular flexibility index (Phi) is 0.837. The van der Waals surface area contributed by atoms with Gasteiger partial charge in [0, 0.05) is 0 Å². The molecule has 1 aliphatic rings. The van der Waals surface area contributed by atoms with Crippen LogP contribution in [-0.4, -0.2) is 5.49 Å². The molecule has 1 N–H and O–H groups in total. The maximum Gasteiger partial charge on any atom is -0.0250 e. The normalized spacial score (nSPS) is 20.0. The van der Waals surface area contributed by atoms with E-state index in [9.17, 15) is 4.21 Å². The van der Waals surface area contributed by atoms with Gasteiger partial charge >= 0.3 is 0 Å². The Hall–Kier alpha value is -0.440. The van der Waals surface area contributed by atoms with Crippen LogP contribution in [0.5, 0.6) is 0 Å². The first-order valence-electron chi connectivity index (χ1n) is 1.55. The van der Waals surface area contributed by atoms with Crippen LogP contribution in [0, 0.1) is 0 Å². The van der Waals surface area contributed by atoms with Gasteiger partial charge in [0.15, 0.2) is 0 Å². The van der Waals surface area contributed by atoms with E-state index in [2.05, 4.69) is 5.32 Å². The lowest BCUT2D eigenvalue weighted by molar-refractivity contribution is 0.607. The summed E-state index contributed by atoms with van der Waals surface area (Å²) in [5, 5.41) is 4.25. The monoisotopic (exact) mass is 102 g/mol. The number of nitrogens with one attached hydrogen (secondary N) is 1. The van der Waals surface area contributed by atoms with Crippen LogP contribution in [0.25, 0.3) is 0 Å². The second-order valence-electron chi connectivity index (χ2n) is 0.916. The molecule has 1 rings (SSSR count). The van der Waals surface area contributed by atoms with Gasteiger partial charge in [-0.25, -0.2) is 10.4 Å². The van der Waals surface area contributed by atoms with Crippen molar-refractivity contribution in [3.05, 3.63) is 11.6 Å². The lowest BCUT2D eigenvalue weighted by atomic mass is 11.0. The molecular weight excluding hydrogens is 98.1 g/mol. The fourth-order valence-electron chi connectivity index (χ4n) is 0.252. The largest absolute Gasteiger partial charge is 0.456 e. The summed E-state index contributed by atoms with van der Waals surface area (Å²) >= 11 is 0. The lowest BCUT2D eigenvalue weighted by Crippen LogP contribution is -1.93. The average Bonchev–Trinajstić information content (AvgIpc) is 1.86. The Balaban J connectivity index is 2.96. The summed E-state index contributed by atoms with van der Waals surface area (Å²) in [7, 11) is -0.840. The highest BCUT2D eigenvalue weighted by Crippen LogP contribution is 1.74. The van der Waals surface area contributed by atoms with E-state index in [-0.39, 0.29) is 0 Å². The molecule has 1 aliphatic heterocycles. The first-order chi connectivity index (χ1) is 2.89. The summed E-state index contributed by atoms with van der Waals surface area (Å²) in [5.74, 6) is 0. The van der Waals surface area contributed by atoms with Crippen LogP contribution in [-0.2, 0) is 14.6 Å². The van der Waals surface area contributed by atoms with Crippen LogP contribution in [0.1, 0.15) is 0 Å². The molecule has 0 aromatic rings. The van der Waals surface area contributed by atoms with Crippen molar-refractivity contribution in [1.29, 1.82) is 0 Å². The van der Waals surface area contributed by atoms with E-state index in [1.165, 1.54) is 5.49 Å². The second-order valence-corrected chi connectivity index (χ2v) is 2.08. The topological polar surface area (TPSA) is 29.1 Å². The molecule has 2 nitrogen and oxygen atoms in total. The van der Waals surface area contributed by atoms with E-state index in [4.69, 9.17) is 0 Å². The molecule has 0 spiro atoms. The predicted octanol–water partition coefficient (Wildman–Crippen LogP) is -0.216. The van der Waals surface area contributed by atoms with Crippen molar-refractivity contribution in [3.63, 3.8) is 0 Å². The van der Waals surface area contributed by atoms with Crippen molar-refractivity contribution in [2.75, 3.05) is 0 Å². The van der Waals surface area contributed by atoms with E-state index in [0.717, 1.165) is 0 Å². The molecule has 0 amide bonds. The first-order valence-corrected chi connectivity index (χ1v) is 2.82. The Morgan fingerprint density at radius 3 is 2.67 bits per heavy atom. The fraction of sp³-hybridized carbons (Fsp3) is 0. The van der Waals surface area contributed by atoms with Crippen molar-refractivity contribution < 1.29 is 4.21 Å². The first kappa shape index (κ1) is 3.74. The summed E-state index contributed by atoms with van der Waals surface area (Å²) in [6.07, 6.45) is 1.65. The Bertz CT molecular complexity index is 143. The van der Waals surface area contributed by atoms with Crippen molar-refractivity contribution in [2.45, 2.75) is 0 Å². The van der Waals surface area contributed by atoms with Crippen LogP contribution >= 0.6 is 0 Å². The van der Waals surface area contributed by atoms with E-state index in [1.807, 2.05) is 0 Å². The maximum absolute atomic E-state index is 10.1. The molecule has 0 unspecified atom stereocenters. The Morgan fingerprint density at radius 1 is 1.67 bits per heavy atom. The zero-order valence-electron chi connectivity index (χ0n) is 3.05. The molecule has 0 saturated carbocycles. The van der Waals surface area contributed by atoms with Gasteiger partial charge in [0.1, 0.15) is 0 Å². The molecule has 0 fully saturated rings. The summed E-state index contributed by atoms with van der Waals surface area (Å²) < 4.78 is 10.1. The lowest BCUT2D eigenvalue weighted by Gasteiger charge is -1.78. The number of rotatable bonds is 0. The summed E-state index contributed by atoms with van der Waals surface area (Å²) in [4.78, 5) is 0. The number of hydrogen-bond acceptors (Lipinski definition) is 3. The van der Waals surface area contributed by atoms with Gasteiger partial charge in [0.2, 0.25) is 0 Å². The second kappa shape index (κ2) is 1.34. The Morgan fingerprint density at radius 2 is 2.50 bits per heavy atom. The summed E-state index contributed by atoms with van der Waals surface area (Å²) in [6.45, 7) is 0. The van der Waals surface area contributed by atoms with Crippen LogP contribution in [0.3, 0.4) is 0 Å². The van der Waals surface area contributed by atoms with Gasteiger partial charge in [0.25, 0.3) is 0 Å². The molecule has 0 aromatic carbocycles. The minimum Gasteiger partial charge on any atom is -0.456 e. The SMILES string of the molecule is O=[S-]1=CNC=C1. The van der Waals surface area contributed by atoms with Crippen molar-refractivity contribution in [1.82, 2.24) is 5.32 Å². The van der Waals surface area contributed by atoms with Gasteiger partial charge in [-0.3, -0.25) is 0 Å². The van der Waals surface area contributed by atoms with Gasteiger partial charge in [-0.1, -0.05) is 5.49 Å². The Labute approximate surface area is 37.9 Å². The third kappa shape index (κ3) is 0.542. The molecule has 0 atom stereocenters. The van der Waals surface area contributed by atoms with Crippen molar-refractivity contribution in [3.8, 4) is 0 Å². The third-order valence-corrected chi connectivity index (χ3v) is 1.26. The molecular formula is C3H4NOS-. The molecule has 3 heteroatoms. The van der Waals surface area contributed by atoms with Gasteiger partial charge in [-0.15, -0.1) is 5.41 Å². The molecule has 0 radical (unpaired) electrons. The maximum atomic E-state index is 10.1. The van der Waals surface area contributed by atoms with E-state index < -0.39 is 10.4 Å². The minimum absolute atomic E-state index is 0.840. The highest BCUT2D eigenvalue weighted by Gasteiger charge is 1.64. The van der Waals surface area contributed by atoms with Crippen LogP contribution in [0.2, 0.25) is 0 Å². The molecule has 6 heavy (non-hydrogen) atoms. The standard InChI is InChI=1S/C3H4NOS/c5-6-2-1-4-3-6/h1-4H/q-1. The van der Waals surface area contributed by atoms with Crippen molar-refractivity contribution in [2.24, 2.45) is 0 Å². The zero-order chi connectivity index (χ0) is 4.41. The molecule has 0 saturated heterocycles. The smallest absolute Gasteiger partial charge is 0.0250 e. The van der Waals surface area contributed by atoms with Crippen LogP contribution in [0.4, 0.5) is 0 Å². The third-order valence-electron chi connectivity index (χ3n) is 0.483. The average molecular weight is 102 g/mol. The molecule has 1 heterocycles. The fourth-order valence-corrected chi connectivity index (χ4v) is 0.756. The van der Waals surface area contributed by atoms with Crippen LogP contribution in [0.15, 0.2) is 11.6 Å². The molecule has 0 aromatic heterocycles. The minimum atomic E-state index is -0.840. The van der Waals surface area contributed by atoms with Gasteiger partial charge < -0.3 is 9.53 Å². The van der Waals surface area contributed by atoms with Gasteiger partial charge in [-0.2, -0.15) is 0 Å². The summed E-state index contributed by atoms with van der Waals surface area (Å²) in [6, 6.07) is 0. The van der Waals surface area contributed by atoms with E-state index in [1.54, 1.807) is 11.6 Å². The van der Waals surface area contributed by atoms with Gasteiger partial charge in [0.05, 0.1) is 0 Å². The summed E-state index contributed by atoms with van der Waals surface area (Å²) in [5.41, 5.74) is 1.51. The van der Waals surface area contributed by atoms with Gasteiger partial charge in [-0.05, 0) is 6.20 Å². The zero-order valence-corrected chi connectivity index (χ0v) is 3.87. The van der Waals surface area contributed by atoms with Crippen molar-refractivity contribution >= 4 is 15.9 Å². The quantitative estimate of drug-likeness (QED) is 0.338. The van der Waals surface area contributed by atoms with Crippen LogP contribution < -0.4 is 5.32 Å².